The van der Waals surface area contributed by atoms with Crippen molar-refractivity contribution in [2.24, 2.45) is 0 Å². The molecule has 1 rings (SSSR count). The highest BCUT2D eigenvalue weighted by Crippen LogP contribution is 1.90. The molecule has 0 saturated heterocycles. The van der Waals surface area contributed by atoms with E-state index in [0.717, 1.165) is 0 Å². The Bertz CT molecular complexity index is 166. The second kappa shape index (κ2) is 6.96. The molecular weight excluding hydrogens is 164 g/mol. The number of allylic oxidation sites excluding steroid dienone is 4. The molecule has 60 valence electrons. The van der Waals surface area contributed by atoms with Crippen LogP contribution in [0.4, 0.5) is 0 Å². The highest BCUT2D eigenvalue weighted by molar-refractivity contribution is 6.14. The van der Waals surface area contributed by atoms with Gasteiger partial charge in [0.1, 0.15) is 0 Å². The topological polar surface area (TPSA) is 34.1 Å². The van der Waals surface area contributed by atoms with E-state index in [2.05, 4.69) is 13.2 Å². The molecule has 2 nitrogen and oxygen atoms in total. The molecule has 0 aromatic rings. The first-order chi connectivity index (χ1) is 4.79. The van der Waals surface area contributed by atoms with Crippen molar-refractivity contribution in [1.29, 1.82) is 0 Å². The Morgan fingerprint density at radius 1 is 0.818 bits per heavy atom. The third-order valence-corrected chi connectivity index (χ3v) is 0.824. The average Bonchev–Trinajstić information content (AvgIpc) is 2.00. The molecule has 11 heavy (non-hydrogen) atoms. The van der Waals surface area contributed by atoms with E-state index in [4.69, 9.17) is 0 Å². The molecule has 0 heterocycles. The zero-order chi connectivity index (χ0) is 7.98. The van der Waals surface area contributed by atoms with Gasteiger partial charge in [-0.1, -0.05) is 0 Å². The number of halogens is 1. The monoisotopic (exact) mass is 172 g/mol. The molecule has 0 aliphatic heterocycles. The van der Waals surface area contributed by atoms with Gasteiger partial charge in [0.15, 0.2) is 11.6 Å². The number of hydrogen-bond acceptors (Lipinski definition) is 2. The summed E-state index contributed by atoms with van der Waals surface area (Å²) >= 11 is 0. The summed E-state index contributed by atoms with van der Waals surface area (Å²) in [4.78, 5) is 20.6. The first kappa shape index (κ1) is 12.5. The van der Waals surface area contributed by atoms with E-state index in [9.17, 15) is 9.59 Å². The van der Waals surface area contributed by atoms with Crippen LogP contribution >= 0.6 is 12.4 Å². The minimum absolute atomic E-state index is 0. The van der Waals surface area contributed by atoms with Gasteiger partial charge in [-0.3, -0.25) is 9.59 Å². The van der Waals surface area contributed by atoms with E-state index in [-0.39, 0.29) is 24.0 Å². The van der Waals surface area contributed by atoms with Gasteiger partial charge in [-0.15, -0.1) is 25.6 Å². The lowest BCUT2D eigenvalue weighted by molar-refractivity contribution is -0.113. The summed E-state index contributed by atoms with van der Waals surface area (Å²) in [6, 6.07) is 0. The molecule has 0 bridgehead atoms. The lowest BCUT2D eigenvalue weighted by atomic mass is 10.2. The maximum Gasteiger partial charge on any atom is 0.178 e. The van der Waals surface area contributed by atoms with E-state index in [1.807, 2.05) is 0 Å². The summed E-state index contributed by atoms with van der Waals surface area (Å²) in [6.07, 6.45) is 5.01. The lowest BCUT2D eigenvalue weighted by Gasteiger charge is -1.87. The fourth-order valence-electron chi connectivity index (χ4n) is 0.440. The zero-order valence-corrected chi connectivity index (χ0v) is 6.76. The first-order valence-corrected chi connectivity index (χ1v) is 2.73. The van der Waals surface area contributed by atoms with E-state index >= 15 is 0 Å². The molecule has 0 unspecified atom stereocenters. The van der Waals surface area contributed by atoms with Crippen molar-refractivity contribution < 1.29 is 9.59 Å². The summed E-state index contributed by atoms with van der Waals surface area (Å²) < 4.78 is 0. The fourth-order valence-corrected chi connectivity index (χ4v) is 0.440. The molecule has 1 aliphatic carbocycles. The van der Waals surface area contributed by atoms with Crippen LogP contribution in [0.1, 0.15) is 0 Å². The predicted octanol–water partition coefficient (Wildman–Crippen LogP) is 1.47. The van der Waals surface area contributed by atoms with Gasteiger partial charge in [0, 0.05) is 0 Å². The van der Waals surface area contributed by atoms with Gasteiger partial charge in [0.05, 0.1) is 0 Å². The van der Waals surface area contributed by atoms with E-state index in [1.165, 1.54) is 24.3 Å². The predicted molar refractivity (Wildman–Crippen MR) is 46.8 cm³/mol. The van der Waals surface area contributed by atoms with Crippen LogP contribution in [-0.4, -0.2) is 11.6 Å². The number of rotatable bonds is 0. The van der Waals surface area contributed by atoms with Crippen LogP contribution in [0.2, 0.25) is 0 Å². The number of carbonyl (C=O) groups excluding carboxylic acids is 2. The minimum atomic E-state index is -0.121. The van der Waals surface area contributed by atoms with Crippen LogP contribution in [-0.2, 0) is 9.59 Å². The molecule has 0 aromatic carbocycles. The smallest absolute Gasteiger partial charge is 0.178 e. The Balaban J connectivity index is 0. The van der Waals surface area contributed by atoms with Crippen molar-refractivity contribution in [3.63, 3.8) is 0 Å². The molecule has 0 saturated carbocycles. The van der Waals surface area contributed by atoms with Crippen molar-refractivity contribution in [3.8, 4) is 0 Å². The van der Waals surface area contributed by atoms with Crippen molar-refractivity contribution in [2.45, 2.75) is 0 Å². The Kier molecular flexibility index (Phi) is 7.92. The maximum atomic E-state index is 10.3. The number of hydrogen-bond donors (Lipinski definition) is 0. The molecule has 0 spiro atoms. The van der Waals surface area contributed by atoms with Gasteiger partial charge < -0.3 is 0 Å². The first-order valence-electron chi connectivity index (χ1n) is 2.73. The Hall–Kier alpha value is -1.15. The fraction of sp³-hybridized carbons (Fsp3) is 0. The second-order valence-corrected chi connectivity index (χ2v) is 1.47. The second-order valence-electron chi connectivity index (χ2n) is 1.47. The Labute approximate surface area is 71.7 Å². The van der Waals surface area contributed by atoms with Crippen molar-refractivity contribution >= 4 is 24.0 Å². The van der Waals surface area contributed by atoms with Gasteiger partial charge in [0.2, 0.25) is 0 Å². The molecule has 3 heteroatoms. The molecular formula is C8H9ClO2. The van der Waals surface area contributed by atoms with Crippen LogP contribution in [0.3, 0.4) is 0 Å². The molecule has 0 atom stereocenters. The Morgan fingerprint density at radius 3 is 1.18 bits per heavy atom. The molecule has 0 N–H and O–H groups in total. The third-order valence-electron chi connectivity index (χ3n) is 0.824. The van der Waals surface area contributed by atoms with Gasteiger partial charge >= 0.3 is 0 Å². The van der Waals surface area contributed by atoms with Crippen molar-refractivity contribution in [3.05, 3.63) is 37.5 Å². The van der Waals surface area contributed by atoms with Crippen molar-refractivity contribution in [2.75, 3.05) is 0 Å². The standard InChI is InChI=1S/C6H4O2.C2H4.ClH/c7-5-1-2-6(8)4-3-5;1-2;/h1-4H;1-2H2;1H. The molecule has 0 amide bonds. The van der Waals surface area contributed by atoms with Gasteiger partial charge in [-0.2, -0.15) is 0 Å². The number of ketones is 2. The van der Waals surface area contributed by atoms with Gasteiger partial charge in [-0.05, 0) is 24.3 Å². The molecule has 0 fully saturated rings. The van der Waals surface area contributed by atoms with Gasteiger partial charge in [0.25, 0.3) is 0 Å². The van der Waals surface area contributed by atoms with E-state index in [0.29, 0.717) is 0 Å². The molecule has 0 aromatic heterocycles. The summed E-state index contributed by atoms with van der Waals surface area (Å²) in [5, 5.41) is 0. The molecule has 0 radical (unpaired) electrons. The summed E-state index contributed by atoms with van der Waals surface area (Å²) in [5.74, 6) is -0.241. The Morgan fingerprint density at radius 2 is 1.00 bits per heavy atom. The van der Waals surface area contributed by atoms with Crippen LogP contribution in [0.5, 0.6) is 0 Å². The maximum absolute atomic E-state index is 10.3. The minimum Gasteiger partial charge on any atom is -0.290 e. The molecule has 1 aliphatic rings. The highest BCUT2D eigenvalue weighted by Gasteiger charge is 1.97. The third kappa shape index (κ3) is 5.30. The lowest BCUT2D eigenvalue weighted by Crippen LogP contribution is -1.97. The van der Waals surface area contributed by atoms with Crippen LogP contribution in [0, 0.1) is 0 Å². The summed E-state index contributed by atoms with van der Waals surface area (Å²) in [5.41, 5.74) is 0. The summed E-state index contributed by atoms with van der Waals surface area (Å²) in [7, 11) is 0. The zero-order valence-electron chi connectivity index (χ0n) is 5.95. The summed E-state index contributed by atoms with van der Waals surface area (Å²) in [6.45, 7) is 6.00. The quantitative estimate of drug-likeness (QED) is 0.410. The van der Waals surface area contributed by atoms with Crippen LogP contribution < -0.4 is 0 Å². The average molecular weight is 173 g/mol. The van der Waals surface area contributed by atoms with Crippen LogP contribution in [0.15, 0.2) is 37.5 Å². The number of carbonyl (C=O) groups is 2. The SMILES string of the molecule is C=C.Cl.O=C1C=CC(=O)C=C1. The van der Waals surface area contributed by atoms with Crippen LogP contribution in [0.25, 0.3) is 0 Å². The normalized spacial score (nSPS) is 13.1. The highest BCUT2D eigenvalue weighted by atomic mass is 35.5. The van der Waals surface area contributed by atoms with E-state index in [1.54, 1.807) is 0 Å². The van der Waals surface area contributed by atoms with Crippen molar-refractivity contribution in [1.82, 2.24) is 0 Å². The van der Waals surface area contributed by atoms with Gasteiger partial charge in [-0.25, -0.2) is 0 Å². The largest absolute Gasteiger partial charge is 0.290 e. The van der Waals surface area contributed by atoms with E-state index < -0.39 is 0 Å².